The molecule has 0 amide bonds. The molecule has 19 heavy (non-hydrogen) atoms. The predicted octanol–water partition coefficient (Wildman–Crippen LogP) is 3.04. The van der Waals surface area contributed by atoms with Gasteiger partial charge in [0.05, 0.1) is 4.92 Å². The van der Waals surface area contributed by atoms with Gasteiger partial charge in [0.25, 0.3) is 5.69 Å². The van der Waals surface area contributed by atoms with Crippen LogP contribution in [-0.2, 0) is 6.54 Å². The van der Waals surface area contributed by atoms with E-state index >= 15 is 0 Å². The van der Waals surface area contributed by atoms with Gasteiger partial charge in [0.2, 0.25) is 0 Å². The second-order valence-corrected chi connectivity index (χ2v) is 4.69. The second kappa shape index (κ2) is 4.80. The number of nitro benzene ring substituents is 1. The predicted molar refractivity (Wildman–Crippen MR) is 62.7 cm³/mol. The molecular weight excluding hydrogens is 261 g/mol. The molecule has 1 fully saturated rings. The number of nitrogens with zero attached hydrogens (tertiary/aromatic N) is 2. The maximum absolute atomic E-state index is 12.6. The minimum Gasteiger partial charge on any atom is -0.288 e. The van der Waals surface area contributed by atoms with E-state index in [-0.39, 0.29) is 18.7 Å². The van der Waals surface area contributed by atoms with E-state index in [9.17, 15) is 23.3 Å². The first kappa shape index (κ1) is 13.8. The molecule has 1 saturated heterocycles. The fourth-order valence-electron chi connectivity index (χ4n) is 2.19. The molecule has 1 unspecified atom stereocenters. The van der Waals surface area contributed by atoms with E-state index in [1.165, 1.54) is 11.0 Å². The third-order valence-corrected chi connectivity index (χ3v) is 3.36. The Hall–Kier alpha value is -1.63. The van der Waals surface area contributed by atoms with Gasteiger partial charge < -0.3 is 0 Å². The van der Waals surface area contributed by atoms with Crippen LogP contribution >= 0.6 is 0 Å². The molecule has 0 aromatic heterocycles. The summed E-state index contributed by atoms with van der Waals surface area (Å²) < 4.78 is 37.7. The Kier molecular flexibility index (Phi) is 3.49. The van der Waals surface area contributed by atoms with Crippen molar-refractivity contribution in [2.75, 3.05) is 6.54 Å². The van der Waals surface area contributed by atoms with Crippen LogP contribution < -0.4 is 0 Å². The molecule has 1 aliphatic heterocycles. The minimum absolute atomic E-state index is 0.0541. The molecule has 1 aliphatic rings. The van der Waals surface area contributed by atoms with Gasteiger partial charge in [0.15, 0.2) is 0 Å². The van der Waals surface area contributed by atoms with Gasteiger partial charge in [-0.25, -0.2) is 0 Å². The summed E-state index contributed by atoms with van der Waals surface area (Å²) in [6.07, 6.45) is -4.13. The van der Waals surface area contributed by atoms with Crippen LogP contribution in [0.5, 0.6) is 0 Å². The van der Waals surface area contributed by atoms with Crippen LogP contribution in [0.4, 0.5) is 18.9 Å². The lowest BCUT2D eigenvalue weighted by Crippen LogP contribution is -2.55. The van der Waals surface area contributed by atoms with Gasteiger partial charge in [0.1, 0.15) is 6.04 Å². The smallest absolute Gasteiger partial charge is 0.288 e. The van der Waals surface area contributed by atoms with Crippen molar-refractivity contribution < 1.29 is 18.1 Å². The number of alkyl halides is 3. The van der Waals surface area contributed by atoms with Gasteiger partial charge >= 0.3 is 6.18 Å². The molecule has 0 N–H and O–H groups in total. The largest absolute Gasteiger partial charge is 0.404 e. The van der Waals surface area contributed by atoms with Gasteiger partial charge in [-0.1, -0.05) is 12.1 Å². The van der Waals surface area contributed by atoms with Crippen LogP contribution in [0.2, 0.25) is 0 Å². The highest BCUT2D eigenvalue weighted by Crippen LogP contribution is 2.34. The van der Waals surface area contributed by atoms with Crippen molar-refractivity contribution in [3.05, 3.63) is 39.4 Å². The highest BCUT2D eigenvalue weighted by atomic mass is 19.4. The lowest BCUT2D eigenvalue weighted by atomic mass is 10.0. The number of hydrogen-bond acceptors (Lipinski definition) is 3. The highest BCUT2D eigenvalue weighted by molar-refractivity contribution is 5.42. The summed E-state index contributed by atoms with van der Waals surface area (Å²) >= 11 is 0. The molecule has 0 bridgehead atoms. The van der Waals surface area contributed by atoms with Crippen molar-refractivity contribution in [2.45, 2.75) is 32.1 Å². The molecular formula is C12H13F3N2O2. The molecule has 2 rings (SSSR count). The third kappa shape index (κ3) is 2.86. The van der Waals surface area contributed by atoms with Crippen molar-refractivity contribution in [1.29, 1.82) is 0 Å². The molecule has 7 heteroatoms. The van der Waals surface area contributed by atoms with E-state index in [0.717, 1.165) is 0 Å². The molecule has 1 heterocycles. The quantitative estimate of drug-likeness (QED) is 0.628. The number of rotatable bonds is 3. The van der Waals surface area contributed by atoms with E-state index in [1.807, 2.05) is 0 Å². The van der Waals surface area contributed by atoms with Gasteiger partial charge in [-0.3, -0.25) is 15.0 Å². The monoisotopic (exact) mass is 274 g/mol. The van der Waals surface area contributed by atoms with Crippen molar-refractivity contribution >= 4 is 5.69 Å². The molecule has 0 aliphatic carbocycles. The lowest BCUT2D eigenvalue weighted by Gasteiger charge is -2.41. The summed E-state index contributed by atoms with van der Waals surface area (Å²) in [6, 6.07) is 3.12. The first-order valence-electron chi connectivity index (χ1n) is 5.83. The molecule has 1 atom stereocenters. The average molecular weight is 274 g/mol. The molecule has 0 saturated carbocycles. The van der Waals surface area contributed by atoms with Gasteiger partial charge in [-0.2, -0.15) is 13.2 Å². The molecule has 104 valence electrons. The third-order valence-electron chi connectivity index (χ3n) is 3.36. The average Bonchev–Trinajstić information content (AvgIpc) is 2.23. The fourth-order valence-corrected chi connectivity index (χ4v) is 2.19. The summed E-state index contributed by atoms with van der Waals surface area (Å²) in [5, 5.41) is 10.8. The molecule has 1 aromatic rings. The zero-order valence-corrected chi connectivity index (χ0v) is 10.3. The Morgan fingerprint density at radius 3 is 2.63 bits per heavy atom. The number of nitro groups is 1. The van der Waals surface area contributed by atoms with E-state index in [4.69, 9.17) is 0 Å². The SMILES string of the molecule is Cc1ccc(CN2CCC2C(F)(F)F)cc1[N+](=O)[O-]. The highest BCUT2D eigenvalue weighted by Gasteiger charge is 2.48. The number of halogens is 3. The topological polar surface area (TPSA) is 46.4 Å². The number of aryl methyl sites for hydroxylation is 1. The van der Waals surface area contributed by atoms with E-state index in [0.29, 0.717) is 17.7 Å². The second-order valence-electron chi connectivity index (χ2n) is 4.69. The first-order valence-corrected chi connectivity index (χ1v) is 5.83. The Morgan fingerprint density at radius 2 is 2.16 bits per heavy atom. The summed E-state index contributed by atoms with van der Waals surface area (Å²) in [5.74, 6) is 0. The van der Waals surface area contributed by atoms with Crippen molar-refractivity contribution in [1.82, 2.24) is 4.90 Å². The maximum atomic E-state index is 12.6. The van der Waals surface area contributed by atoms with E-state index in [1.54, 1.807) is 19.1 Å². The Labute approximate surface area is 108 Å². The summed E-state index contributed by atoms with van der Waals surface area (Å²) in [6.45, 7) is 2.06. The van der Waals surface area contributed by atoms with Crippen molar-refractivity contribution in [2.24, 2.45) is 0 Å². The number of benzene rings is 1. The zero-order chi connectivity index (χ0) is 14.2. The van der Waals surface area contributed by atoms with E-state index < -0.39 is 17.1 Å². The molecule has 1 aromatic carbocycles. The Morgan fingerprint density at radius 1 is 1.47 bits per heavy atom. The molecule has 0 spiro atoms. The van der Waals surface area contributed by atoms with Crippen molar-refractivity contribution in [3.8, 4) is 0 Å². The van der Waals surface area contributed by atoms with Crippen LogP contribution in [0, 0.1) is 17.0 Å². The normalized spacial score (nSPS) is 20.1. The van der Waals surface area contributed by atoms with Gasteiger partial charge in [-0.05, 0) is 18.9 Å². The Balaban J connectivity index is 2.12. The van der Waals surface area contributed by atoms with Gasteiger partial charge in [-0.15, -0.1) is 0 Å². The summed E-state index contributed by atoms with van der Waals surface area (Å²) in [7, 11) is 0. The van der Waals surface area contributed by atoms with Crippen LogP contribution in [0.3, 0.4) is 0 Å². The first-order chi connectivity index (χ1) is 8.79. The molecule has 0 radical (unpaired) electrons. The minimum atomic E-state index is -4.23. The summed E-state index contributed by atoms with van der Waals surface area (Å²) in [5.41, 5.74) is 0.984. The molecule has 4 nitrogen and oxygen atoms in total. The zero-order valence-electron chi connectivity index (χ0n) is 10.3. The van der Waals surface area contributed by atoms with Crippen LogP contribution in [0.15, 0.2) is 18.2 Å². The van der Waals surface area contributed by atoms with E-state index in [2.05, 4.69) is 0 Å². The lowest BCUT2D eigenvalue weighted by molar-refractivity contribution is -0.385. The Bertz CT molecular complexity index is 502. The van der Waals surface area contributed by atoms with Crippen LogP contribution in [-0.4, -0.2) is 28.6 Å². The standard InChI is InChI=1S/C12H13F3N2O2/c1-8-2-3-9(6-10(8)17(18)19)7-16-5-4-11(16)12(13,14)15/h2-3,6,11H,4-5,7H2,1H3. The number of likely N-dealkylation sites (tertiary alicyclic amines) is 1. The van der Waals surface area contributed by atoms with Crippen molar-refractivity contribution in [3.63, 3.8) is 0 Å². The summed E-state index contributed by atoms with van der Waals surface area (Å²) in [4.78, 5) is 11.5. The maximum Gasteiger partial charge on any atom is 0.404 e. The number of hydrogen-bond donors (Lipinski definition) is 0. The fraction of sp³-hybridized carbons (Fsp3) is 0.500. The van der Waals surface area contributed by atoms with Crippen LogP contribution in [0.25, 0.3) is 0 Å². The van der Waals surface area contributed by atoms with Gasteiger partial charge in [0, 0.05) is 24.7 Å². The van der Waals surface area contributed by atoms with Crippen LogP contribution in [0.1, 0.15) is 17.5 Å².